The number of nitrogens with two attached hydrogens (primary N) is 1. The molecule has 2 fully saturated rings. The highest BCUT2D eigenvalue weighted by Crippen LogP contribution is 2.33. The Morgan fingerprint density at radius 1 is 0.931 bits per heavy atom. The quantitative estimate of drug-likeness (QED) is 0.0553. The number of aryl methyl sites for hydroxylation is 1. The Labute approximate surface area is 346 Å². The number of hydrogen-bond donors (Lipinski definition) is 3. The highest BCUT2D eigenvalue weighted by molar-refractivity contribution is 8.72. The number of unbranched alkanes of at least 4 members (excludes halogenated alkanes) is 1. The van der Waals surface area contributed by atoms with E-state index in [1.807, 2.05) is 32.9 Å². The Morgan fingerprint density at radius 2 is 1.64 bits per heavy atom. The van der Waals surface area contributed by atoms with Crippen molar-refractivity contribution in [1.82, 2.24) is 15.5 Å². The van der Waals surface area contributed by atoms with Gasteiger partial charge in [-0.1, -0.05) is 44.2 Å². The number of benzene rings is 2. The molecular formula is C41H56N4O11S2. The van der Waals surface area contributed by atoms with Gasteiger partial charge in [-0.3, -0.25) is 19.2 Å². The number of carbonyl (C=O) groups is 6. The third kappa shape index (κ3) is 15.4. The third-order valence-corrected chi connectivity index (χ3v) is 13.4. The SMILES string of the molecule is Cc1ccccc1OCC(=O)NC(CC(C)C)C(=O)NC(Cc1ccc(OC(=O)N2CCC(C(N)=O)CC2)cc1)C(=O)OC(C)OC(=O)CCCC[C@@H]1CCS[S+]1[O-]. The van der Waals surface area contributed by atoms with Crippen LogP contribution in [-0.4, -0.2) is 94.3 Å². The third-order valence-electron chi connectivity index (χ3n) is 9.78. The van der Waals surface area contributed by atoms with Gasteiger partial charge < -0.3 is 44.8 Å². The van der Waals surface area contributed by atoms with E-state index in [0.29, 0.717) is 50.1 Å². The number of carbonyl (C=O) groups excluding carboxylic acids is 6. The number of rotatable bonds is 20. The van der Waals surface area contributed by atoms with Crippen LogP contribution in [0.1, 0.15) is 83.3 Å². The van der Waals surface area contributed by atoms with Crippen molar-refractivity contribution in [2.24, 2.45) is 17.6 Å². The lowest BCUT2D eigenvalue weighted by Crippen LogP contribution is -2.54. The smallest absolute Gasteiger partial charge is 0.415 e. The maximum Gasteiger partial charge on any atom is 0.415 e. The molecule has 5 atom stereocenters. The summed E-state index contributed by atoms with van der Waals surface area (Å²) >= 11 is 0. The normalized spacial score (nSPS) is 18.4. The highest BCUT2D eigenvalue weighted by Gasteiger charge is 2.32. The van der Waals surface area contributed by atoms with Gasteiger partial charge in [-0.05, 0) is 80.7 Å². The first-order valence-electron chi connectivity index (χ1n) is 19.8. The molecule has 58 heavy (non-hydrogen) atoms. The van der Waals surface area contributed by atoms with Gasteiger partial charge in [0.25, 0.3) is 5.91 Å². The molecule has 0 aliphatic carbocycles. The molecule has 4 rings (SSSR count). The molecule has 4 amide bonds. The van der Waals surface area contributed by atoms with Gasteiger partial charge in [-0.15, -0.1) is 0 Å². The molecule has 17 heteroatoms. The van der Waals surface area contributed by atoms with E-state index in [1.54, 1.807) is 36.4 Å². The molecule has 15 nitrogen and oxygen atoms in total. The molecule has 0 aromatic heterocycles. The fourth-order valence-electron chi connectivity index (χ4n) is 6.56. The van der Waals surface area contributed by atoms with Gasteiger partial charge in [-0.2, -0.15) is 0 Å². The second-order valence-corrected chi connectivity index (χ2v) is 18.5. The van der Waals surface area contributed by atoms with Crippen LogP contribution in [0.5, 0.6) is 11.5 Å². The van der Waals surface area contributed by atoms with Crippen LogP contribution in [0.4, 0.5) is 4.79 Å². The summed E-state index contributed by atoms with van der Waals surface area (Å²) in [6, 6.07) is 11.3. The maximum atomic E-state index is 13.8. The number of amides is 4. The molecule has 0 radical (unpaired) electrons. The summed E-state index contributed by atoms with van der Waals surface area (Å²) < 4.78 is 34.1. The van der Waals surface area contributed by atoms with Gasteiger partial charge in [0.2, 0.25) is 18.1 Å². The molecule has 2 aromatic rings. The van der Waals surface area contributed by atoms with E-state index < -0.39 is 58.4 Å². The number of ether oxygens (including phenoxy) is 4. The molecule has 2 aromatic carbocycles. The predicted molar refractivity (Wildman–Crippen MR) is 219 cm³/mol. The Hall–Kier alpha value is -4.48. The number of piperidine rings is 1. The van der Waals surface area contributed by atoms with Crippen LogP contribution in [0.2, 0.25) is 0 Å². The van der Waals surface area contributed by atoms with Gasteiger partial charge in [0.05, 0.1) is 10.8 Å². The number of nitrogens with zero attached hydrogens (tertiary/aromatic N) is 1. The highest BCUT2D eigenvalue weighted by atomic mass is 33.1. The van der Waals surface area contributed by atoms with Crippen molar-refractivity contribution in [3.05, 3.63) is 59.7 Å². The van der Waals surface area contributed by atoms with Gasteiger partial charge in [0, 0.05) is 61.2 Å². The molecular weight excluding hydrogens is 789 g/mol. The standard InChI is InChI=1S/C41H56N4O11S2/c1-26(2)23-33(43-36(46)25-53-35-11-7-5-9-27(35)3)39(49)44-34(40(50)55-28(4)54-37(47)12-8-6-10-32-19-22-57-58(32)52)24-29-13-15-31(16-14-29)56-41(51)45-20-17-30(18-21-45)38(42)48/h5,7,9,11,13-16,26,28,30,32-34H,6,8,10,12,17-25H2,1-4H3,(H2,42,48)(H,43,46)(H,44,49)/t28?,32-,33?,34?,58?/m1/s1. The lowest BCUT2D eigenvalue weighted by molar-refractivity contribution is -0.186. The van der Waals surface area contributed by atoms with Crippen LogP contribution in [0.3, 0.4) is 0 Å². The number of esters is 2. The van der Waals surface area contributed by atoms with Crippen LogP contribution < -0.4 is 25.8 Å². The summed E-state index contributed by atoms with van der Waals surface area (Å²) in [4.78, 5) is 78.8. The topological polar surface area (TPSA) is 216 Å². The van der Waals surface area contributed by atoms with Crippen molar-refractivity contribution in [3.8, 4) is 11.5 Å². The van der Waals surface area contributed by atoms with E-state index in [4.69, 9.17) is 24.7 Å². The summed E-state index contributed by atoms with van der Waals surface area (Å²) in [6.07, 6.45) is 2.29. The summed E-state index contributed by atoms with van der Waals surface area (Å²) in [5.74, 6) is -1.60. The molecule has 318 valence electrons. The van der Waals surface area contributed by atoms with Crippen molar-refractivity contribution in [1.29, 1.82) is 0 Å². The van der Waals surface area contributed by atoms with Crippen molar-refractivity contribution in [2.45, 2.75) is 109 Å². The van der Waals surface area contributed by atoms with Crippen LogP contribution in [0.15, 0.2) is 48.5 Å². The monoisotopic (exact) mass is 844 g/mol. The number of primary amides is 1. The minimum Gasteiger partial charge on any atom is -0.605 e. The number of nitrogens with one attached hydrogen (secondary N) is 2. The Morgan fingerprint density at radius 3 is 2.28 bits per heavy atom. The molecule has 0 saturated carbocycles. The fourth-order valence-corrected chi connectivity index (χ4v) is 10.0. The first-order valence-corrected chi connectivity index (χ1v) is 22.5. The van der Waals surface area contributed by atoms with Crippen molar-refractivity contribution in [2.75, 3.05) is 25.4 Å². The van der Waals surface area contributed by atoms with E-state index in [-0.39, 0.29) is 54.6 Å². The fraction of sp³-hybridized carbons (Fsp3) is 0.561. The molecule has 4 N–H and O–H groups in total. The minimum atomic E-state index is -1.27. The number of likely N-dealkylation sites (tertiary alicyclic amines) is 1. The maximum absolute atomic E-state index is 13.8. The molecule has 2 heterocycles. The lowest BCUT2D eigenvalue weighted by atomic mass is 9.97. The zero-order valence-corrected chi connectivity index (χ0v) is 35.2. The van der Waals surface area contributed by atoms with E-state index in [9.17, 15) is 33.3 Å². The Bertz CT molecular complexity index is 1700. The summed E-state index contributed by atoms with van der Waals surface area (Å²) in [6.45, 7) is 7.38. The summed E-state index contributed by atoms with van der Waals surface area (Å²) in [5, 5.41) is 5.59. The zero-order valence-electron chi connectivity index (χ0n) is 33.6. The number of hydrogen-bond acceptors (Lipinski definition) is 12. The first kappa shape index (κ1) is 46.2. The molecule has 4 unspecified atom stereocenters. The van der Waals surface area contributed by atoms with E-state index in [1.165, 1.54) is 22.6 Å². The van der Waals surface area contributed by atoms with E-state index >= 15 is 0 Å². The Balaban J connectivity index is 1.39. The molecule has 0 bridgehead atoms. The van der Waals surface area contributed by atoms with Gasteiger partial charge in [0.1, 0.15) is 28.8 Å². The van der Waals surface area contributed by atoms with Crippen LogP contribution >= 0.6 is 10.8 Å². The molecule has 2 saturated heterocycles. The second-order valence-electron chi connectivity index (χ2n) is 15.0. The number of para-hydroxylation sites is 1. The van der Waals surface area contributed by atoms with Crippen molar-refractivity contribution < 1.29 is 52.3 Å². The Kier molecular flexibility index (Phi) is 18.5. The van der Waals surface area contributed by atoms with Crippen molar-refractivity contribution >= 4 is 56.8 Å². The van der Waals surface area contributed by atoms with Crippen molar-refractivity contribution in [3.63, 3.8) is 0 Å². The average Bonchev–Trinajstić information content (AvgIpc) is 3.60. The van der Waals surface area contributed by atoms with Crippen LogP contribution in [0.25, 0.3) is 0 Å². The first-order chi connectivity index (χ1) is 27.7. The van der Waals surface area contributed by atoms with Gasteiger partial charge in [0.15, 0.2) is 6.61 Å². The predicted octanol–water partition coefficient (Wildman–Crippen LogP) is 4.49. The molecule has 2 aliphatic rings. The van der Waals surface area contributed by atoms with E-state index in [2.05, 4.69) is 10.6 Å². The lowest BCUT2D eigenvalue weighted by Gasteiger charge is -2.29. The van der Waals surface area contributed by atoms with Gasteiger partial charge >= 0.3 is 18.0 Å². The average molecular weight is 845 g/mol. The summed E-state index contributed by atoms with van der Waals surface area (Å²) in [7, 11) is 0.571. The van der Waals surface area contributed by atoms with Crippen LogP contribution in [-0.2, 0) is 50.1 Å². The second kappa shape index (κ2) is 23.2. The van der Waals surface area contributed by atoms with E-state index in [0.717, 1.165) is 24.2 Å². The zero-order chi connectivity index (χ0) is 42.2. The molecule has 2 aliphatic heterocycles. The van der Waals surface area contributed by atoms with Crippen LogP contribution in [0, 0.1) is 18.8 Å². The minimum absolute atomic E-state index is 0.0119. The largest absolute Gasteiger partial charge is 0.605 e. The van der Waals surface area contributed by atoms with Gasteiger partial charge in [-0.25, -0.2) is 9.59 Å². The summed E-state index contributed by atoms with van der Waals surface area (Å²) in [5.41, 5.74) is 6.82. The molecule has 0 spiro atoms.